The van der Waals surface area contributed by atoms with E-state index in [2.05, 4.69) is 12.2 Å². The largest absolute Gasteiger partial charge is 0.493 e. The summed E-state index contributed by atoms with van der Waals surface area (Å²) in [5.41, 5.74) is 6.28. The van der Waals surface area contributed by atoms with Crippen LogP contribution in [0.15, 0.2) is 24.3 Å². The molecule has 5 heteroatoms. The number of carbonyl (C=O) groups is 1. The van der Waals surface area contributed by atoms with E-state index in [9.17, 15) is 4.79 Å². The van der Waals surface area contributed by atoms with Crippen molar-refractivity contribution in [1.82, 2.24) is 5.32 Å². The molecule has 19 heavy (non-hydrogen) atoms. The first-order chi connectivity index (χ1) is 9.11. The first-order valence-electron chi connectivity index (χ1n) is 6.47. The van der Waals surface area contributed by atoms with E-state index in [-0.39, 0.29) is 11.9 Å². The van der Waals surface area contributed by atoms with Crippen molar-refractivity contribution in [2.75, 3.05) is 23.8 Å². The molecule has 1 amide bonds. The van der Waals surface area contributed by atoms with Crippen molar-refractivity contribution >= 4 is 23.4 Å². The van der Waals surface area contributed by atoms with Crippen LogP contribution >= 0.6 is 11.8 Å². The molecule has 1 aromatic carbocycles. The summed E-state index contributed by atoms with van der Waals surface area (Å²) >= 11 is 1.82. The molecule has 0 aliphatic heterocycles. The van der Waals surface area contributed by atoms with Gasteiger partial charge in [0.25, 0.3) is 0 Å². The Kier molecular flexibility index (Phi) is 7.18. The molecular weight excluding hydrogens is 260 g/mol. The van der Waals surface area contributed by atoms with E-state index < -0.39 is 0 Å². The second kappa shape index (κ2) is 8.69. The van der Waals surface area contributed by atoms with Gasteiger partial charge < -0.3 is 15.8 Å². The number of thioether (sulfide) groups is 1. The van der Waals surface area contributed by atoms with E-state index in [1.165, 1.54) is 0 Å². The molecule has 0 fully saturated rings. The number of hydrogen-bond donors (Lipinski definition) is 2. The third kappa shape index (κ3) is 6.96. The smallest absolute Gasteiger partial charge is 0.223 e. The number of amides is 1. The van der Waals surface area contributed by atoms with Gasteiger partial charge in [-0.25, -0.2) is 0 Å². The van der Waals surface area contributed by atoms with Crippen LogP contribution in [0.1, 0.15) is 20.3 Å². The molecule has 0 aliphatic carbocycles. The molecule has 1 atom stereocenters. The standard InChI is InChI=1S/C14H22N2O2S/c1-3-19-10-11(2)16-14(17)8-9-18-13-6-4-12(15)5-7-13/h4-7,11H,3,8-10,15H2,1-2H3,(H,16,17). The number of nitrogens with two attached hydrogens (primary N) is 1. The Labute approximate surface area is 119 Å². The van der Waals surface area contributed by atoms with Crippen LogP contribution in [0.3, 0.4) is 0 Å². The minimum atomic E-state index is 0.0275. The van der Waals surface area contributed by atoms with Crippen LogP contribution < -0.4 is 15.8 Å². The van der Waals surface area contributed by atoms with E-state index in [0.717, 1.165) is 17.3 Å². The minimum Gasteiger partial charge on any atom is -0.493 e. The van der Waals surface area contributed by atoms with Crippen molar-refractivity contribution in [3.05, 3.63) is 24.3 Å². The van der Waals surface area contributed by atoms with Crippen molar-refractivity contribution in [2.45, 2.75) is 26.3 Å². The Morgan fingerprint density at radius 2 is 2.11 bits per heavy atom. The Balaban J connectivity index is 2.18. The van der Waals surface area contributed by atoms with E-state index in [1.807, 2.05) is 18.7 Å². The van der Waals surface area contributed by atoms with Crippen LogP contribution in [0.4, 0.5) is 5.69 Å². The second-order valence-electron chi connectivity index (χ2n) is 4.30. The molecule has 0 saturated carbocycles. The predicted octanol–water partition coefficient (Wildman–Crippen LogP) is 2.30. The fourth-order valence-electron chi connectivity index (χ4n) is 1.51. The lowest BCUT2D eigenvalue weighted by atomic mass is 10.3. The number of ether oxygens (including phenoxy) is 1. The normalized spacial score (nSPS) is 11.9. The van der Waals surface area contributed by atoms with Crippen LogP contribution in [-0.2, 0) is 4.79 Å². The predicted molar refractivity (Wildman–Crippen MR) is 81.6 cm³/mol. The molecule has 0 bridgehead atoms. The van der Waals surface area contributed by atoms with Crippen LogP contribution in [0.5, 0.6) is 5.75 Å². The van der Waals surface area contributed by atoms with E-state index in [4.69, 9.17) is 10.5 Å². The molecule has 0 heterocycles. The first kappa shape index (κ1) is 15.7. The maximum Gasteiger partial charge on any atom is 0.223 e. The maximum atomic E-state index is 11.6. The zero-order valence-corrected chi connectivity index (χ0v) is 12.3. The van der Waals surface area contributed by atoms with E-state index in [1.54, 1.807) is 24.3 Å². The lowest BCUT2D eigenvalue weighted by Crippen LogP contribution is -2.35. The van der Waals surface area contributed by atoms with Gasteiger partial charge in [0, 0.05) is 17.5 Å². The fourth-order valence-corrected chi connectivity index (χ4v) is 2.18. The molecule has 0 aromatic heterocycles. The number of nitrogen functional groups attached to an aromatic ring is 1. The maximum absolute atomic E-state index is 11.6. The molecule has 0 aliphatic rings. The van der Waals surface area contributed by atoms with Gasteiger partial charge in [-0.15, -0.1) is 0 Å². The Bertz CT molecular complexity index is 382. The number of benzene rings is 1. The van der Waals surface area contributed by atoms with Crippen molar-refractivity contribution in [3.8, 4) is 5.75 Å². The number of rotatable bonds is 8. The van der Waals surface area contributed by atoms with Gasteiger partial charge in [-0.3, -0.25) is 4.79 Å². The average Bonchev–Trinajstić information content (AvgIpc) is 2.38. The second-order valence-corrected chi connectivity index (χ2v) is 5.61. The van der Waals surface area contributed by atoms with Gasteiger partial charge in [0.1, 0.15) is 5.75 Å². The molecule has 106 valence electrons. The first-order valence-corrected chi connectivity index (χ1v) is 7.62. The number of hydrogen-bond acceptors (Lipinski definition) is 4. The van der Waals surface area contributed by atoms with Gasteiger partial charge in [-0.1, -0.05) is 6.92 Å². The zero-order valence-electron chi connectivity index (χ0n) is 11.5. The molecular formula is C14H22N2O2S. The lowest BCUT2D eigenvalue weighted by Gasteiger charge is -2.13. The Morgan fingerprint density at radius 1 is 1.42 bits per heavy atom. The fraction of sp³-hybridized carbons (Fsp3) is 0.500. The molecule has 0 spiro atoms. The SMILES string of the molecule is CCSCC(C)NC(=O)CCOc1ccc(N)cc1. The summed E-state index contributed by atoms with van der Waals surface area (Å²) in [6.07, 6.45) is 0.367. The highest BCUT2D eigenvalue weighted by molar-refractivity contribution is 7.99. The highest BCUT2D eigenvalue weighted by Gasteiger charge is 2.07. The van der Waals surface area contributed by atoms with Gasteiger partial charge in [0.15, 0.2) is 0 Å². The minimum absolute atomic E-state index is 0.0275. The summed E-state index contributed by atoms with van der Waals surface area (Å²) in [7, 11) is 0. The number of anilines is 1. The monoisotopic (exact) mass is 282 g/mol. The van der Waals surface area contributed by atoms with Crippen LogP contribution in [-0.4, -0.2) is 30.1 Å². The van der Waals surface area contributed by atoms with Gasteiger partial charge in [-0.05, 0) is 36.9 Å². The van der Waals surface area contributed by atoms with Gasteiger partial charge in [-0.2, -0.15) is 11.8 Å². The molecule has 1 aromatic rings. The number of carbonyl (C=O) groups excluding carboxylic acids is 1. The Hall–Kier alpha value is -1.36. The van der Waals surface area contributed by atoms with E-state index in [0.29, 0.717) is 18.7 Å². The topological polar surface area (TPSA) is 64.3 Å². The van der Waals surface area contributed by atoms with Crippen molar-refractivity contribution in [3.63, 3.8) is 0 Å². The molecule has 4 nitrogen and oxygen atoms in total. The third-order valence-electron chi connectivity index (χ3n) is 2.46. The molecule has 1 unspecified atom stereocenters. The van der Waals surface area contributed by atoms with Gasteiger partial charge in [0.05, 0.1) is 13.0 Å². The lowest BCUT2D eigenvalue weighted by molar-refractivity contribution is -0.122. The van der Waals surface area contributed by atoms with Crippen LogP contribution in [0.2, 0.25) is 0 Å². The Morgan fingerprint density at radius 3 is 2.74 bits per heavy atom. The highest BCUT2D eigenvalue weighted by Crippen LogP contribution is 2.13. The summed E-state index contributed by atoms with van der Waals surface area (Å²) in [6.45, 7) is 4.50. The summed E-state index contributed by atoms with van der Waals surface area (Å²) in [5.74, 6) is 2.78. The third-order valence-corrected chi connectivity index (χ3v) is 3.60. The summed E-state index contributed by atoms with van der Waals surface area (Å²) in [6, 6.07) is 7.36. The summed E-state index contributed by atoms with van der Waals surface area (Å²) in [5, 5.41) is 2.95. The quantitative estimate of drug-likeness (QED) is 0.718. The van der Waals surface area contributed by atoms with Crippen molar-refractivity contribution in [1.29, 1.82) is 0 Å². The molecule has 1 rings (SSSR count). The van der Waals surface area contributed by atoms with Gasteiger partial charge in [0.2, 0.25) is 5.91 Å². The van der Waals surface area contributed by atoms with Crippen molar-refractivity contribution in [2.24, 2.45) is 0 Å². The summed E-state index contributed by atoms with van der Waals surface area (Å²) < 4.78 is 5.47. The average molecular weight is 282 g/mol. The molecule has 3 N–H and O–H groups in total. The van der Waals surface area contributed by atoms with Crippen LogP contribution in [0, 0.1) is 0 Å². The molecule has 0 saturated heterocycles. The van der Waals surface area contributed by atoms with Crippen LogP contribution in [0.25, 0.3) is 0 Å². The van der Waals surface area contributed by atoms with Gasteiger partial charge >= 0.3 is 0 Å². The molecule has 0 radical (unpaired) electrons. The van der Waals surface area contributed by atoms with Crippen molar-refractivity contribution < 1.29 is 9.53 Å². The van der Waals surface area contributed by atoms with E-state index >= 15 is 0 Å². The number of nitrogens with one attached hydrogen (secondary N) is 1. The zero-order chi connectivity index (χ0) is 14.1. The summed E-state index contributed by atoms with van der Waals surface area (Å²) in [4.78, 5) is 11.6. The highest BCUT2D eigenvalue weighted by atomic mass is 32.2.